The number of benzene rings is 2. The predicted octanol–water partition coefficient (Wildman–Crippen LogP) is 4.50. The number of thioether (sulfide) groups is 1. The van der Waals surface area contributed by atoms with Crippen molar-refractivity contribution in [2.24, 2.45) is 0 Å². The van der Waals surface area contributed by atoms with Crippen LogP contribution in [-0.4, -0.2) is 51.3 Å². The molecule has 1 amide bonds. The molecule has 0 aliphatic carbocycles. The van der Waals surface area contributed by atoms with Gasteiger partial charge in [0, 0.05) is 23.3 Å². The molecule has 2 aromatic heterocycles. The number of nitrogens with one attached hydrogen (secondary N) is 1. The molecule has 0 bridgehead atoms. The van der Waals surface area contributed by atoms with Crippen LogP contribution < -0.4 is 14.8 Å². The zero-order chi connectivity index (χ0) is 23.9. The average Bonchev–Trinajstić information content (AvgIpc) is 3.28. The lowest BCUT2D eigenvalue weighted by Gasteiger charge is -2.10. The van der Waals surface area contributed by atoms with Crippen molar-refractivity contribution in [1.29, 1.82) is 0 Å². The third-order valence-corrected chi connectivity index (χ3v) is 6.32. The first-order valence-corrected chi connectivity index (χ1v) is 12.1. The Morgan fingerprint density at radius 2 is 1.50 bits per heavy atom. The third kappa shape index (κ3) is 5.86. The Balaban J connectivity index is 1.53. The van der Waals surface area contributed by atoms with E-state index in [1.807, 2.05) is 55.5 Å². The summed E-state index contributed by atoms with van der Waals surface area (Å²) in [6.07, 6.45) is 0.282. The second-order valence-corrected chi connectivity index (χ2v) is 9.27. The Morgan fingerprint density at radius 3 is 2.06 bits per heavy atom. The van der Waals surface area contributed by atoms with E-state index in [0.29, 0.717) is 27.4 Å². The van der Waals surface area contributed by atoms with Gasteiger partial charge in [-0.25, -0.2) is 4.98 Å². The van der Waals surface area contributed by atoms with Gasteiger partial charge >= 0.3 is 0 Å². The molecule has 0 aliphatic heterocycles. The third-order valence-electron chi connectivity index (χ3n) is 4.73. The molecular formula is C23H22N6O3S2. The van der Waals surface area contributed by atoms with Gasteiger partial charge in [-0.15, -0.1) is 20.4 Å². The highest BCUT2D eigenvalue weighted by Crippen LogP contribution is 2.32. The van der Waals surface area contributed by atoms with E-state index in [4.69, 9.17) is 14.5 Å². The summed E-state index contributed by atoms with van der Waals surface area (Å²) in [6.45, 7) is 1.84. The molecule has 2 heterocycles. The number of amides is 1. The van der Waals surface area contributed by atoms with Crippen LogP contribution in [0.25, 0.3) is 22.5 Å². The molecule has 0 fully saturated rings. The van der Waals surface area contributed by atoms with Crippen LogP contribution in [0.1, 0.15) is 11.4 Å². The molecule has 0 aliphatic rings. The highest BCUT2D eigenvalue weighted by molar-refractivity contribution is 7.99. The number of nitrogens with zero attached hydrogens (tertiary/aromatic N) is 5. The number of carbonyl (C=O) groups is 1. The molecule has 0 unspecified atom stereocenters. The lowest BCUT2D eigenvalue weighted by atomic mass is 10.0. The number of rotatable bonds is 9. The molecule has 0 atom stereocenters. The zero-order valence-electron chi connectivity index (χ0n) is 18.8. The average molecular weight is 495 g/mol. The number of ether oxygens (including phenoxy) is 2. The summed E-state index contributed by atoms with van der Waals surface area (Å²) >= 11 is 2.71. The summed E-state index contributed by atoms with van der Waals surface area (Å²) in [5, 5.41) is 21.1. The molecule has 0 saturated heterocycles. The highest BCUT2D eigenvalue weighted by atomic mass is 32.2. The number of aryl methyl sites for hydroxylation is 1. The number of aromatic nitrogens is 5. The fourth-order valence-corrected chi connectivity index (χ4v) is 4.36. The number of hydrogen-bond acceptors (Lipinski definition) is 10. The molecule has 1 N–H and O–H groups in total. The largest absolute Gasteiger partial charge is 0.497 e. The van der Waals surface area contributed by atoms with Crippen molar-refractivity contribution in [2.75, 3.05) is 25.3 Å². The van der Waals surface area contributed by atoms with Crippen LogP contribution in [0.3, 0.4) is 0 Å². The van der Waals surface area contributed by atoms with Crippen molar-refractivity contribution in [3.63, 3.8) is 0 Å². The van der Waals surface area contributed by atoms with Gasteiger partial charge in [0.2, 0.25) is 16.2 Å². The minimum Gasteiger partial charge on any atom is -0.497 e. The molecule has 9 nitrogen and oxygen atoms in total. The van der Waals surface area contributed by atoms with E-state index in [9.17, 15) is 4.79 Å². The Morgan fingerprint density at radius 1 is 0.882 bits per heavy atom. The SMILES string of the molecule is COc1ccc(-c2nnc(SCCC(=O)Nc3nnc(C)s3)nc2-c2ccc(OC)cc2)cc1. The van der Waals surface area contributed by atoms with Gasteiger partial charge in [-0.05, 0) is 55.5 Å². The van der Waals surface area contributed by atoms with Gasteiger partial charge < -0.3 is 14.8 Å². The first-order valence-electron chi connectivity index (χ1n) is 10.3. The summed E-state index contributed by atoms with van der Waals surface area (Å²) in [4.78, 5) is 17.0. The Hall–Kier alpha value is -3.57. The van der Waals surface area contributed by atoms with E-state index in [1.165, 1.54) is 23.1 Å². The number of anilines is 1. The van der Waals surface area contributed by atoms with Gasteiger partial charge in [-0.2, -0.15) is 0 Å². The van der Waals surface area contributed by atoms with Gasteiger partial charge in [-0.3, -0.25) is 4.79 Å². The maximum atomic E-state index is 12.2. The van der Waals surface area contributed by atoms with Gasteiger partial charge in [0.05, 0.1) is 14.2 Å². The number of methoxy groups -OCH3 is 2. The van der Waals surface area contributed by atoms with Crippen LogP contribution in [0.2, 0.25) is 0 Å². The van der Waals surface area contributed by atoms with E-state index in [1.54, 1.807) is 14.2 Å². The van der Waals surface area contributed by atoms with Crippen molar-refractivity contribution in [1.82, 2.24) is 25.4 Å². The molecule has 4 rings (SSSR count). The predicted molar refractivity (Wildman–Crippen MR) is 132 cm³/mol. The molecule has 2 aromatic carbocycles. The summed E-state index contributed by atoms with van der Waals surface area (Å²) in [5.41, 5.74) is 3.10. The Bertz CT molecular complexity index is 1260. The van der Waals surface area contributed by atoms with E-state index >= 15 is 0 Å². The van der Waals surface area contributed by atoms with Crippen LogP contribution in [0.4, 0.5) is 5.13 Å². The lowest BCUT2D eigenvalue weighted by Crippen LogP contribution is -2.12. The van der Waals surface area contributed by atoms with E-state index in [0.717, 1.165) is 27.6 Å². The zero-order valence-corrected chi connectivity index (χ0v) is 20.4. The molecule has 0 radical (unpaired) electrons. The van der Waals surface area contributed by atoms with E-state index < -0.39 is 0 Å². The minimum absolute atomic E-state index is 0.137. The number of carbonyl (C=O) groups excluding carboxylic acids is 1. The molecule has 34 heavy (non-hydrogen) atoms. The maximum absolute atomic E-state index is 12.2. The summed E-state index contributed by atoms with van der Waals surface area (Å²) in [5.74, 6) is 1.87. The van der Waals surface area contributed by atoms with Crippen molar-refractivity contribution >= 4 is 34.1 Å². The van der Waals surface area contributed by atoms with E-state index in [2.05, 4.69) is 25.7 Å². The topological polar surface area (TPSA) is 112 Å². The Labute approximate surface area is 205 Å². The van der Waals surface area contributed by atoms with E-state index in [-0.39, 0.29) is 12.3 Å². The van der Waals surface area contributed by atoms with Gasteiger partial charge in [0.1, 0.15) is 27.9 Å². The molecule has 0 saturated carbocycles. The van der Waals surface area contributed by atoms with Crippen LogP contribution in [0.5, 0.6) is 11.5 Å². The summed E-state index contributed by atoms with van der Waals surface area (Å²) in [6, 6.07) is 15.2. The fraction of sp³-hybridized carbons (Fsp3) is 0.217. The normalized spacial score (nSPS) is 10.7. The van der Waals surface area contributed by atoms with Gasteiger partial charge in [0.15, 0.2) is 0 Å². The van der Waals surface area contributed by atoms with Crippen LogP contribution >= 0.6 is 23.1 Å². The fourth-order valence-electron chi connectivity index (χ4n) is 3.03. The first kappa shape index (κ1) is 23.6. The smallest absolute Gasteiger partial charge is 0.227 e. The van der Waals surface area contributed by atoms with Crippen molar-refractivity contribution in [2.45, 2.75) is 18.5 Å². The Kier molecular flexibility index (Phi) is 7.65. The van der Waals surface area contributed by atoms with Crippen molar-refractivity contribution in [3.05, 3.63) is 53.5 Å². The van der Waals surface area contributed by atoms with Crippen LogP contribution in [0.15, 0.2) is 53.7 Å². The van der Waals surface area contributed by atoms with Crippen molar-refractivity contribution in [3.8, 4) is 34.0 Å². The van der Waals surface area contributed by atoms with Gasteiger partial charge in [0.25, 0.3) is 0 Å². The van der Waals surface area contributed by atoms with Crippen LogP contribution in [0, 0.1) is 6.92 Å². The second-order valence-electron chi connectivity index (χ2n) is 7.02. The summed E-state index contributed by atoms with van der Waals surface area (Å²) < 4.78 is 10.5. The standard InChI is InChI=1S/C23H22N6O3S2/c1-14-26-29-23(34-14)24-19(30)12-13-33-22-25-20(15-4-8-17(31-2)9-5-15)21(27-28-22)16-6-10-18(32-3)11-7-16/h4-11H,12-13H2,1-3H3,(H,24,29,30). The maximum Gasteiger partial charge on any atom is 0.227 e. The molecule has 0 spiro atoms. The van der Waals surface area contributed by atoms with Crippen LogP contribution in [-0.2, 0) is 4.79 Å². The molecule has 4 aromatic rings. The molecular weight excluding hydrogens is 472 g/mol. The first-order chi connectivity index (χ1) is 16.6. The highest BCUT2D eigenvalue weighted by Gasteiger charge is 2.15. The molecule has 11 heteroatoms. The lowest BCUT2D eigenvalue weighted by molar-refractivity contribution is -0.115. The minimum atomic E-state index is -0.137. The monoisotopic (exact) mass is 494 g/mol. The quantitative estimate of drug-likeness (QED) is 0.336. The second kappa shape index (κ2) is 11.0. The van der Waals surface area contributed by atoms with Gasteiger partial charge in [-0.1, -0.05) is 23.1 Å². The molecule has 174 valence electrons. The number of hydrogen-bond donors (Lipinski definition) is 1. The van der Waals surface area contributed by atoms with Crippen molar-refractivity contribution < 1.29 is 14.3 Å². The summed E-state index contributed by atoms with van der Waals surface area (Å²) in [7, 11) is 3.25.